The minimum atomic E-state index is -1.82. The standard InChI is InChI=1S/C20H26N2O2.C2H2O4/c1-2-21-11-13-22(14-12-21)15-16-23-19-9-6-10-20(17-19)24-18-7-4-3-5-8-18;3-1(4)2(5)6/h3-10,17H,2,11-16H2,1H3;(H,3,4)(H,5,6). The molecule has 1 heterocycles. The van der Waals surface area contributed by atoms with Gasteiger partial charge in [-0.1, -0.05) is 31.2 Å². The summed E-state index contributed by atoms with van der Waals surface area (Å²) in [6.45, 7) is 9.65. The fraction of sp³-hybridized carbons (Fsp3) is 0.364. The summed E-state index contributed by atoms with van der Waals surface area (Å²) in [7, 11) is 0. The van der Waals surface area contributed by atoms with E-state index in [1.165, 1.54) is 0 Å². The number of nitrogens with zero attached hydrogens (tertiary/aromatic N) is 2. The van der Waals surface area contributed by atoms with Gasteiger partial charge in [0.05, 0.1) is 0 Å². The number of ether oxygens (including phenoxy) is 2. The number of rotatable bonds is 7. The quantitative estimate of drug-likeness (QED) is 0.665. The van der Waals surface area contributed by atoms with E-state index in [1.807, 2.05) is 54.6 Å². The summed E-state index contributed by atoms with van der Waals surface area (Å²) < 4.78 is 11.7. The van der Waals surface area contributed by atoms with Crippen LogP contribution in [0.4, 0.5) is 0 Å². The fourth-order valence-corrected chi connectivity index (χ4v) is 2.87. The third-order valence-electron chi connectivity index (χ3n) is 4.56. The number of aliphatic carboxylic acids is 2. The maximum absolute atomic E-state index is 9.10. The Kier molecular flexibility index (Phi) is 9.63. The maximum Gasteiger partial charge on any atom is 0.414 e. The lowest BCUT2D eigenvalue weighted by Gasteiger charge is -2.33. The first-order chi connectivity index (χ1) is 14.5. The monoisotopic (exact) mass is 416 g/mol. The Bertz CT molecular complexity index is 779. The summed E-state index contributed by atoms with van der Waals surface area (Å²) in [6.07, 6.45) is 0. The lowest BCUT2D eigenvalue weighted by Crippen LogP contribution is -2.47. The van der Waals surface area contributed by atoms with Crippen molar-refractivity contribution in [3.63, 3.8) is 0 Å². The summed E-state index contributed by atoms with van der Waals surface area (Å²) in [5, 5.41) is 14.8. The Morgan fingerprint density at radius 1 is 0.833 bits per heavy atom. The van der Waals surface area contributed by atoms with Gasteiger partial charge in [-0.25, -0.2) is 9.59 Å². The third kappa shape index (κ3) is 8.50. The van der Waals surface area contributed by atoms with E-state index < -0.39 is 11.9 Å². The molecule has 8 heteroatoms. The molecule has 1 aliphatic rings. The van der Waals surface area contributed by atoms with Gasteiger partial charge in [0, 0.05) is 38.8 Å². The van der Waals surface area contributed by atoms with E-state index in [9.17, 15) is 0 Å². The molecule has 8 nitrogen and oxygen atoms in total. The van der Waals surface area contributed by atoms with Crippen LogP contribution < -0.4 is 9.47 Å². The number of likely N-dealkylation sites (N-methyl/N-ethyl adjacent to an activating group) is 1. The van der Waals surface area contributed by atoms with E-state index >= 15 is 0 Å². The number of para-hydroxylation sites is 1. The highest BCUT2D eigenvalue weighted by Crippen LogP contribution is 2.24. The van der Waals surface area contributed by atoms with Gasteiger partial charge in [-0.2, -0.15) is 0 Å². The zero-order chi connectivity index (χ0) is 21.8. The lowest BCUT2D eigenvalue weighted by atomic mass is 10.3. The van der Waals surface area contributed by atoms with Gasteiger partial charge in [-0.3, -0.25) is 4.90 Å². The fourth-order valence-electron chi connectivity index (χ4n) is 2.87. The Labute approximate surface area is 176 Å². The number of carboxylic acid groups (broad SMARTS) is 2. The maximum atomic E-state index is 9.10. The van der Waals surface area contributed by atoms with Gasteiger partial charge in [0.1, 0.15) is 23.9 Å². The van der Waals surface area contributed by atoms with Crippen molar-refractivity contribution >= 4 is 11.9 Å². The normalized spacial score (nSPS) is 14.3. The van der Waals surface area contributed by atoms with Gasteiger partial charge >= 0.3 is 11.9 Å². The highest BCUT2D eigenvalue weighted by atomic mass is 16.5. The largest absolute Gasteiger partial charge is 0.492 e. The minimum Gasteiger partial charge on any atom is -0.492 e. The number of hydrogen-bond acceptors (Lipinski definition) is 6. The molecule has 0 unspecified atom stereocenters. The van der Waals surface area contributed by atoms with Crippen LogP contribution >= 0.6 is 0 Å². The Hall–Kier alpha value is -3.10. The molecule has 3 rings (SSSR count). The molecule has 0 aromatic heterocycles. The first kappa shape index (κ1) is 23.2. The molecule has 1 saturated heterocycles. The van der Waals surface area contributed by atoms with Crippen LogP contribution in [0.1, 0.15) is 6.92 Å². The average Bonchev–Trinajstić information content (AvgIpc) is 2.76. The van der Waals surface area contributed by atoms with Crippen molar-refractivity contribution in [3.05, 3.63) is 54.6 Å². The van der Waals surface area contributed by atoms with E-state index in [2.05, 4.69) is 16.7 Å². The van der Waals surface area contributed by atoms with Crippen molar-refractivity contribution < 1.29 is 29.3 Å². The SMILES string of the molecule is CCN1CCN(CCOc2cccc(Oc3ccccc3)c2)CC1.O=C(O)C(=O)O. The summed E-state index contributed by atoms with van der Waals surface area (Å²) in [4.78, 5) is 23.2. The Morgan fingerprint density at radius 2 is 1.40 bits per heavy atom. The predicted molar refractivity (Wildman–Crippen MR) is 112 cm³/mol. The molecule has 30 heavy (non-hydrogen) atoms. The third-order valence-corrected chi connectivity index (χ3v) is 4.56. The summed E-state index contributed by atoms with van der Waals surface area (Å²) in [6, 6.07) is 17.6. The molecule has 1 aliphatic heterocycles. The number of benzene rings is 2. The molecule has 2 aromatic carbocycles. The molecule has 162 valence electrons. The Balaban J connectivity index is 0.000000469. The van der Waals surface area contributed by atoms with Gasteiger partial charge in [0.15, 0.2) is 0 Å². The summed E-state index contributed by atoms with van der Waals surface area (Å²) in [5.41, 5.74) is 0. The molecule has 1 fully saturated rings. The molecular weight excluding hydrogens is 388 g/mol. The predicted octanol–water partition coefficient (Wildman–Crippen LogP) is 2.65. The summed E-state index contributed by atoms with van der Waals surface area (Å²) >= 11 is 0. The molecule has 2 aromatic rings. The summed E-state index contributed by atoms with van der Waals surface area (Å²) in [5.74, 6) is -1.15. The zero-order valence-electron chi connectivity index (χ0n) is 17.1. The molecule has 0 amide bonds. The van der Waals surface area contributed by atoms with Crippen LogP contribution in [0.5, 0.6) is 17.2 Å². The van der Waals surface area contributed by atoms with Crippen molar-refractivity contribution in [1.82, 2.24) is 9.80 Å². The molecular formula is C22H28N2O6. The first-order valence-electron chi connectivity index (χ1n) is 9.84. The van der Waals surface area contributed by atoms with Gasteiger partial charge in [0.25, 0.3) is 0 Å². The molecule has 0 atom stereocenters. The van der Waals surface area contributed by atoms with Crippen LogP contribution in [0.25, 0.3) is 0 Å². The van der Waals surface area contributed by atoms with Gasteiger partial charge in [-0.05, 0) is 30.8 Å². The highest BCUT2D eigenvalue weighted by molar-refractivity contribution is 6.27. The van der Waals surface area contributed by atoms with Crippen molar-refractivity contribution in [1.29, 1.82) is 0 Å². The topological polar surface area (TPSA) is 99.5 Å². The van der Waals surface area contributed by atoms with Crippen molar-refractivity contribution in [2.75, 3.05) is 45.9 Å². The highest BCUT2D eigenvalue weighted by Gasteiger charge is 2.14. The number of piperazine rings is 1. The van der Waals surface area contributed by atoms with Crippen LogP contribution in [0, 0.1) is 0 Å². The first-order valence-corrected chi connectivity index (χ1v) is 9.84. The molecule has 0 saturated carbocycles. The van der Waals surface area contributed by atoms with Crippen LogP contribution in [-0.4, -0.2) is 77.8 Å². The molecule has 0 bridgehead atoms. The average molecular weight is 416 g/mol. The second-order valence-corrected chi connectivity index (χ2v) is 6.62. The molecule has 0 spiro atoms. The van der Waals surface area contributed by atoms with E-state index in [0.29, 0.717) is 6.61 Å². The number of carboxylic acids is 2. The van der Waals surface area contributed by atoms with Crippen LogP contribution in [0.15, 0.2) is 54.6 Å². The molecule has 2 N–H and O–H groups in total. The van der Waals surface area contributed by atoms with Crippen LogP contribution in [0.3, 0.4) is 0 Å². The second-order valence-electron chi connectivity index (χ2n) is 6.62. The van der Waals surface area contributed by atoms with Crippen molar-refractivity contribution in [2.45, 2.75) is 6.92 Å². The van der Waals surface area contributed by atoms with Crippen molar-refractivity contribution in [3.8, 4) is 17.2 Å². The van der Waals surface area contributed by atoms with Gasteiger partial charge < -0.3 is 24.6 Å². The minimum absolute atomic E-state index is 0.709. The van der Waals surface area contributed by atoms with E-state index in [-0.39, 0.29) is 0 Å². The molecule has 0 radical (unpaired) electrons. The Morgan fingerprint density at radius 3 is 2.00 bits per heavy atom. The van der Waals surface area contributed by atoms with Crippen LogP contribution in [-0.2, 0) is 9.59 Å². The van der Waals surface area contributed by atoms with Crippen molar-refractivity contribution in [2.24, 2.45) is 0 Å². The number of hydrogen-bond donors (Lipinski definition) is 2. The van der Waals surface area contributed by atoms with E-state index in [4.69, 9.17) is 29.3 Å². The second kappa shape index (κ2) is 12.5. The number of carbonyl (C=O) groups is 2. The molecule has 0 aliphatic carbocycles. The lowest BCUT2D eigenvalue weighted by molar-refractivity contribution is -0.159. The van der Waals surface area contributed by atoms with E-state index in [0.717, 1.165) is 56.5 Å². The van der Waals surface area contributed by atoms with Gasteiger partial charge in [-0.15, -0.1) is 0 Å². The van der Waals surface area contributed by atoms with Gasteiger partial charge in [0.2, 0.25) is 0 Å². The van der Waals surface area contributed by atoms with E-state index in [1.54, 1.807) is 0 Å². The van der Waals surface area contributed by atoms with Crippen LogP contribution in [0.2, 0.25) is 0 Å². The zero-order valence-corrected chi connectivity index (χ0v) is 17.1. The smallest absolute Gasteiger partial charge is 0.414 e.